The van der Waals surface area contributed by atoms with Crippen LogP contribution < -0.4 is 0 Å². The fourth-order valence-electron chi connectivity index (χ4n) is 0.903. The molecule has 11 heavy (non-hydrogen) atoms. The molecule has 0 amide bonds. The van der Waals surface area contributed by atoms with Crippen molar-refractivity contribution < 1.29 is 5.11 Å². The smallest absolute Gasteiger partial charge is 0.115 e. The van der Waals surface area contributed by atoms with Gasteiger partial charge >= 0.3 is 0 Å². The molecule has 1 rings (SSSR count). The van der Waals surface area contributed by atoms with Crippen LogP contribution in [0, 0.1) is 6.92 Å². The number of halogens is 1. The highest BCUT2D eigenvalue weighted by Gasteiger charge is 1.97. The fourth-order valence-corrected chi connectivity index (χ4v) is 1.51. The van der Waals surface area contributed by atoms with Gasteiger partial charge in [0, 0.05) is 10.0 Å². The predicted molar refractivity (Wildman–Crippen MR) is 50.5 cm³/mol. The van der Waals surface area contributed by atoms with Crippen LogP contribution in [-0.4, -0.2) is 5.11 Å². The predicted octanol–water partition coefficient (Wildman–Crippen LogP) is 3.29. The van der Waals surface area contributed by atoms with Crippen LogP contribution in [0.25, 0.3) is 5.76 Å². The first-order valence-electron chi connectivity index (χ1n) is 3.25. The topological polar surface area (TPSA) is 20.2 Å². The van der Waals surface area contributed by atoms with Crippen molar-refractivity contribution in [3.63, 3.8) is 0 Å². The van der Waals surface area contributed by atoms with Gasteiger partial charge in [-0.15, -0.1) is 0 Å². The lowest BCUT2D eigenvalue weighted by Crippen LogP contribution is -1.82. The first kappa shape index (κ1) is 8.34. The summed E-state index contributed by atoms with van der Waals surface area (Å²) in [6.07, 6.45) is 0. The number of rotatable bonds is 1. The Hall–Kier alpha value is -0.760. The second-order valence-corrected chi connectivity index (χ2v) is 3.38. The SMILES string of the molecule is C=C(O)c1cc(C)cc(Br)c1. The molecule has 0 bridgehead atoms. The summed E-state index contributed by atoms with van der Waals surface area (Å²) in [5.74, 6) is 0.106. The zero-order chi connectivity index (χ0) is 8.43. The molecule has 0 heterocycles. The van der Waals surface area contributed by atoms with Gasteiger partial charge < -0.3 is 5.11 Å². The highest BCUT2D eigenvalue weighted by molar-refractivity contribution is 9.10. The molecule has 0 fully saturated rings. The third kappa shape index (κ3) is 2.09. The van der Waals surface area contributed by atoms with Gasteiger partial charge in [0.1, 0.15) is 5.76 Å². The summed E-state index contributed by atoms with van der Waals surface area (Å²) in [6.45, 7) is 5.41. The Morgan fingerprint density at radius 1 is 1.45 bits per heavy atom. The number of benzene rings is 1. The van der Waals surface area contributed by atoms with E-state index in [1.165, 1.54) is 0 Å². The largest absolute Gasteiger partial charge is 0.508 e. The summed E-state index contributed by atoms with van der Waals surface area (Å²) >= 11 is 3.33. The van der Waals surface area contributed by atoms with Gasteiger partial charge in [-0.2, -0.15) is 0 Å². The van der Waals surface area contributed by atoms with E-state index in [2.05, 4.69) is 22.5 Å². The molecule has 0 aliphatic rings. The second-order valence-electron chi connectivity index (χ2n) is 2.46. The average molecular weight is 213 g/mol. The molecule has 1 aromatic carbocycles. The molecule has 0 spiro atoms. The van der Waals surface area contributed by atoms with Crippen molar-refractivity contribution in [2.75, 3.05) is 0 Å². The van der Waals surface area contributed by atoms with Crippen LogP contribution in [0.4, 0.5) is 0 Å². The maximum Gasteiger partial charge on any atom is 0.115 e. The Balaban J connectivity index is 3.19. The minimum absolute atomic E-state index is 0.106. The molecule has 0 unspecified atom stereocenters. The number of hydrogen-bond donors (Lipinski definition) is 1. The zero-order valence-corrected chi connectivity index (χ0v) is 7.85. The van der Waals surface area contributed by atoms with Crippen LogP contribution in [0.2, 0.25) is 0 Å². The molecular formula is C9H9BrO. The Bertz CT molecular complexity index is 271. The van der Waals surface area contributed by atoms with E-state index < -0.39 is 0 Å². The molecule has 0 aliphatic heterocycles. The normalized spacial score (nSPS) is 9.64. The Morgan fingerprint density at radius 2 is 2.09 bits per heavy atom. The molecular weight excluding hydrogens is 204 g/mol. The van der Waals surface area contributed by atoms with E-state index in [9.17, 15) is 0 Å². The van der Waals surface area contributed by atoms with E-state index >= 15 is 0 Å². The van der Waals surface area contributed by atoms with Gasteiger partial charge in [-0.1, -0.05) is 22.5 Å². The molecule has 0 atom stereocenters. The summed E-state index contributed by atoms with van der Waals surface area (Å²) in [5, 5.41) is 9.06. The van der Waals surface area contributed by atoms with Crippen LogP contribution in [0.15, 0.2) is 29.3 Å². The molecule has 0 saturated carbocycles. The van der Waals surface area contributed by atoms with E-state index in [0.717, 1.165) is 15.6 Å². The van der Waals surface area contributed by atoms with Crippen LogP contribution in [0.5, 0.6) is 0 Å². The minimum Gasteiger partial charge on any atom is -0.508 e. The molecule has 0 saturated heterocycles. The third-order valence-electron chi connectivity index (χ3n) is 1.38. The lowest BCUT2D eigenvalue weighted by Gasteiger charge is -2.00. The number of aryl methyl sites for hydroxylation is 1. The first-order valence-corrected chi connectivity index (χ1v) is 4.04. The number of aliphatic hydroxyl groups excluding tert-OH is 1. The van der Waals surface area contributed by atoms with Crippen molar-refractivity contribution in [2.24, 2.45) is 0 Å². The maximum absolute atomic E-state index is 9.06. The molecule has 1 N–H and O–H groups in total. The molecule has 0 radical (unpaired) electrons. The van der Waals surface area contributed by atoms with Gasteiger partial charge in [0.2, 0.25) is 0 Å². The van der Waals surface area contributed by atoms with Gasteiger partial charge in [-0.05, 0) is 30.7 Å². The minimum atomic E-state index is 0.106. The Kier molecular flexibility index (Phi) is 2.35. The van der Waals surface area contributed by atoms with E-state index in [4.69, 9.17) is 5.11 Å². The van der Waals surface area contributed by atoms with Gasteiger partial charge in [0.25, 0.3) is 0 Å². The third-order valence-corrected chi connectivity index (χ3v) is 1.83. The van der Waals surface area contributed by atoms with Crippen LogP contribution in [-0.2, 0) is 0 Å². The lowest BCUT2D eigenvalue weighted by molar-refractivity contribution is 0.513. The van der Waals surface area contributed by atoms with Gasteiger partial charge in [-0.3, -0.25) is 0 Å². The van der Waals surface area contributed by atoms with Crippen molar-refractivity contribution in [3.05, 3.63) is 40.4 Å². The summed E-state index contributed by atoms with van der Waals surface area (Å²) in [6, 6.07) is 5.69. The summed E-state index contributed by atoms with van der Waals surface area (Å²) < 4.78 is 0.961. The lowest BCUT2D eigenvalue weighted by atomic mass is 10.1. The van der Waals surface area contributed by atoms with Gasteiger partial charge in [-0.25, -0.2) is 0 Å². The second kappa shape index (κ2) is 3.09. The van der Waals surface area contributed by atoms with Crippen molar-refractivity contribution in [2.45, 2.75) is 6.92 Å². The van der Waals surface area contributed by atoms with E-state index in [1.54, 1.807) is 0 Å². The van der Waals surface area contributed by atoms with Crippen LogP contribution in [0.3, 0.4) is 0 Å². The zero-order valence-electron chi connectivity index (χ0n) is 6.26. The molecule has 58 valence electrons. The number of aliphatic hydroxyl groups is 1. The highest BCUT2D eigenvalue weighted by Crippen LogP contribution is 2.18. The van der Waals surface area contributed by atoms with Crippen LogP contribution >= 0.6 is 15.9 Å². The molecule has 1 nitrogen and oxygen atoms in total. The molecule has 2 heteroatoms. The number of hydrogen-bond acceptors (Lipinski definition) is 1. The van der Waals surface area contributed by atoms with Gasteiger partial charge in [0.15, 0.2) is 0 Å². The fraction of sp³-hybridized carbons (Fsp3) is 0.111. The quantitative estimate of drug-likeness (QED) is 0.709. The first-order chi connectivity index (χ1) is 5.09. The summed E-state index contributed by atoms with van der Waals surface area (Å²) in [7, 11) is 0. The summed E-state index contributed by atoms with van der Waals surface area (Å²) in [5.41, 5.74) is 1.86. The van der Waals surface area contributed by atoms with E-state index in [0.29, 0.717) is 0 Å². The van der Waals surface area contributed by atoms with E-state index in [-0.39, 0.29) is 5.76 Å². The van der Waals surface area contributed by atoms with Crippen molar-refractivity contribution in [1.82, 2.24) is 0 Å². The highest BCUT2D eigenvalue weighted by atomic mass is 79.9. The Labute approximate surface area is 74.5 Å². The molecule has 0 aromatic heterocycles. The summed E-state index contributed by atoms with van der Waals surface area (Å²) in [4.78, 5) is 0. The maximum atomic E-state index is 9.06. The van der Waals surface area contributed by atoms with Gasteiger partial charge in [0.05, 0.1) is 0 Å². The van der Waals surface area contributed by atoms with Crippen molar-refractivity contribution >= 4 is 21.7 Å². The molecule has 0 aliphatic carbocycles. The van der Waals surface area contributed by atoms with Crippen molar-refractivity contribution in [1.29, 1.82) is 0 Å². The monoisotopic (exact) mass is 212 g/mol. The molecule has 1 aromatic rings. The standard InChI is InChI=1S/C9H9BrO/c1-6-3-8(7(2)11)5-9(10)4-6/h3-5,11H,2H2,1H3. The van der Waals surface area contributed by atoms with Crippen molar-refractivity contribution in [3.8, 4) is 0 Å². The van der Waals surface area contributed by atoms with E-state index in [1.807, 2.05) is 25.1 Å². The average Bonchev–Trinajstić information content (AvgIpc) is 1.85. The Morgan fingerprint density at radius 3 is 2.55 bits per heavy atom. The van der Waals surface area contributed by atoms with Crippen LogP contribution in [0.1, 0.15) is 11.1 Å².